The van der Waals surface area contributed by atoms with Crippen LogP contribution in [0.25, 0.3) is 0 Å². The molecule has 1 N–H and O–H groups in total. The lowest BCUT2D eigenvalue weighted by Gasteiger charge is -2.30. The van der Waals surface area contributed by atoms with Crippen molar-refractivity contribution in [1.29, 1.82) is 0 Å². The highest BCUT2D eigenvalue weighted by Gasteiger charge is 2.21. The van der Waals surface area contributed by atoms with Crippen LogP contribution in [0.1, 0.15) is 25.5 Å². The molecule has 0 aliphatic rings. The molecule has 0 radical (unpaired) electrons. The minimum atomic E-state index is -0.509. The first-order valence-electron chi connectivity index (χ1n) is 9.08. The van der Waals surface area contributed by atoms with Gasteiger partial charge in [-0.05, 0) is 30.8 Å². The summed E-state index contributed by atoms with van der Waals surface area (Å²) in [7, 11) is 0. The monoisotopic (exact) mass is 405 g/mol. The minimum Gasteiger partial charge on any atom is -0.484 e. The smallest absolute Gasteiger partial charge is 0.273 e. The zero-order valence-electron chi connectivity index (χ0n) is 15.9. The summed E-state index contributed by atoms with van der Waals surface area (Å²) in [6, 6.07) is 13.3. The molecule has 2 rings (SSSR count). The van der Waals surface area contributed by atoms with Crippen LogP contribution in [0.4, 0.5) is 5.69 Å². The maximum absolute atomic E-state index is 12.2. The van der Waals surface area contributed by atoms with Crippen molar-refractivity contribution in [3.63, 3.8) is 0 Å². The third-order valence-corrected chi connectivity index (χ3v) is 4.75. The standard InChI is InChI=1S/C20H24ClN3O4/c1-3-23(4-2)19(17-10-5-6-11-18(17)21)13-22-20(25)14-28-16-9-7-8-15(12-16)24(26)27/h5-12,19H,3-4,13-14H2,1-2H3,(H,22,25). The van der Waals surface area contributed by atoms with Gasteiger partial charge in [0.05, 0.1) is 17.0 Å². The first-order valence-corrected chi connectivity index (χ1v) is 9.46. The predicted molar refractivity (Wildman–Crippen MR) is 109 cm³/mol. The molecule has 2 aromatic carbocycles. The molecule has 0 heterocycles. The SMILES string of the molecule is CCN(CC)C(CNC(=O)COc1cccc([N+](=O)[O-])c1)c1ccccc1Cl. The van der Waals surface area contributed by atoms with Gasteiger partial charge in [-0.2, -0.15) is 0 Å². The van der Waals surface area contributed by atoms with Gasteiger partial charge >= 0.3 is 0 Å². The normalized spacial score (nSPS) is 11.9. The number of likely N-dealkylation sites (N-methyl/N-ethyl adjacent to an activating group) is 1. The molecule has 0 saturated heterocycles. The number of nitrogens with one attached hydrogen (secondary N) is 1. The van der Waals surface area contributed by atoms with Crippen molar-refractivity contribution in [3.05, 3.63) is 69.2 Å². The Morgan fingerprint density at radius 3 is 2.57 bits per heavy atom. The molecule has 2 aromatic rings. The Labute approximate surface area is 169 Å². The summed E-state index contributed by atoms with van der Waals surface area (Å²) in [6.07, 6.45) is 0. The Morgan fingerprint density at radius 2 is 1.93 bits per heavy atom. The maximum atomic E-state index is 12.2. The second-order valence-corrected chi connectivity index (χ2v) is 6.51. The predicted octanol–water partition coefficient (Wildman–Crippen LogP) is 3.83. The van der Waals surface area contributed by atoms with Gasteiger partial charge in [0.1, 0.15) is 5.75 Å². The zero-order chi connectivity index (χ0) is 20.5. The summed E-state index contributed by atoms with van der Waals surface area (Å²) in [5.74, 6) is -0.0357. The number of nitrogens with zero attached hydrogens (tertiary/aromatic N) is 2. The summed E-state index contributed by atoms with van der Waals surface area (Å²) in [6.45, 7) is 5.89. The van der Waals surface area contributed by atoms with Crippen LogP contribution in [0.5, 0.6) is 5.75 Å². The molecule has 0 spiro atoms. The highest BCUT2D eigenvalue weighted by Crippen LogP contribution is 2.27. The molecule has 0 fully saturated rings. The topological polar surface area (TPSA) is 84.7 Å². The van der Waals surface area contributed by atoms with Gasteiger partial charge in [-0.25, -0.2) is 0 Å². The van der Waals surface area contributed by atoms with E-state index in [-0.39, 0.29) is 30.0 Å². The second kappa shape index (κ2) is 10.6. The molecule has 0 aromatic heterocycles. The molecule has 150 valence electrons. The number of halogens is 1. The third-order valence-electron chi connectivity index (χ3n) is 4.41. The number of carbonyl (C=O) groups excluding carboxylic acids is 1. The van der Waals surface area contributed by atoms with E-state index in [9.17, 15) is 14.9 Å². The van der Waals surface area contributed by atoms with E-state index in [1.165, 1.54) is 18.2 Å². The lowest BCUT2D eigenvalue weighted by atomic mass is 10.0. The fraction of sp³-hybridized carbons (Fsp3) is 0.350. The average molecular weight is 406 g/mol. The Morgan fingerprint density at radius 1 is 1.21 bits per heavy atom. The van der Waals surface area contributed by atoms with Crippen molar-refractivity contribution in [3.8, 4) is 5.75 Å². The summed E-state index contributed by atoms with van der Waals surface area (Å²) < 4.78 is 5.38. The summed E-state index contributed by atoms with van der Waals surface area (Å²) >= 11 is 6.35. The van der Waals surface area contributed by atoms with E-state index in [0.29, 0.717) is 11.6 Å². The maximum Gasteiger partial charge on any atom is 0.273 e. The molecule has 0 aliphatic heterocycles. The van der Waals surface area contributed by atoms with Gasteiger partial charge in [0.2, 0.25) is 0 Å². The van der Waals surface area contributed by atoms with Gasteiger partial charge in [0.25, 0.3) is 11.6 Å². The van der Waals surface area contributed by atoms with Gasteiger partial charge in [-0.3, -0.25) is 19.8 Å². The van der Waals surface area contributed by atoms with E-state index in [4.69, 9.17) is 16.3 Å². The van der Waals surface area contributed by atoms with Gasteiger partial charge in [0, 0.05) is 17.6 Å². The summed E-state index contributed by atoms with van der Waals surface area (Å²) in [4.78, 5) is 24.7. The number of nitro groups is 1. The van der Waals surface area contributed by atoms with Crippen LogP contribution in [0.2, 0.25) is 5.02 Å². The van der Waals surface area contributed by atoms with E-state index in [2.05, 4.69) is 24.1 Å². The molecule has 0 bridgehead atoms. The summed E-state index contributed by atoms with van der Waals surface area (Å²) in [5.41, 5.74) is 0.867. The van der Waals surface area contributed by atoms with Crippen molar-refractivity contribution in [2.75, 3.05) is 26.2 Å². The van der Waals surface area contributed by atoms with Gasteiger partial charge < -0.3 is 10.1 Å². The van der Waals surface area contributed by atoms with E-state index >= 15 is 0 Å². The Bertz CT molecular complexity index is 812. The molecule has 8 heteroatoms. The number of hydrogen-bond donors (Lipinski definition) is 1. The van der Waals surface area contributed by atoms with Crippen molar-refractivity contribution in [2.24, 2.45) is 0 Å². The average Bonchev–Trinajstić information content (AvgIpc) is 2.70. The molecule has 0 saturated carbocycles. The number of carbonyl (C=O) groups is 1. The molecule has 28 heavy (non-hydrogen) atoms. The Balaban J connectivity index is 1.98. The van der Waals surface area contributed by atoms with E-state index in [1.54, 1.807) is 6.07 Å². The lowest BCUT2D eigenvalue weighted by Crippen LogP contribution is -2.39. The lowest BCUT2D eigenvalue weighted by molar-refractivity contribution is -0.384. The molecular formula is C20H24ClN3O4. The van der Waals surface area contributed by atoms with Crippen LogP contribution in [0.3, 0.4) is 0 Å². The molecule has 1 amide bonds. The number of nitro benzene ring substituents is 1. The van der Waals surface area contributed by atoms with E-state index in [1.807, 2.05) is 24.3 Å². The summed E-state index contributed by atoms with van der Waals surface area (Å²) in [5, 5.41) is 14.3. The van der Waals surface area contributed by atoms with Crippen molar-refractivity contribution in [1.82, 2.24) is 10.2 Å². The first kappa shape index (κ1) is 21.7. The van der Waals surface area contributed by atoms with Crippen LogP contribution in [0, 0.1) is 10.1 Å². The van der Waals surface area contributed by atoms with Crippen LogP contribution in [-0.4, -0.2) is 42.0 Å². The number of hydrogen-bond acceptors (Lipinski definition) is 5. The quantitative estimate of drug-likeness (QED) is 0.479. The Kier molecular flexibility index (Phi) is 8.22. The van der Waals surface area contributed by atoms with Crippen LogP contribution in [0.15, 0.2) is 48.5 Å². The van der Waals surface area contributed by atoms with Crippen molar-refractivity contribution in [2.45, 2.75) is 19.9 Å². The van der Waals surface area contributed by atoms with Gasteiger partial charge in [-0.1, -0.05) is 49.7 Å². The largest absolute Gasteiger partial charge is 0.484 e. The highest BCUT2D eigenvalue weighted by atomic mass is 35.5. The second-order valence-electron chi connectivity index (χ2n) is 6.11. The minimum absolute atomic E-state index is 0.0644. The number of rotatable bonds is 10. The van der Waals surface area contributed by atoms with E-state index in [0.717, 1.165) is 18.7 Å². The van der Waals surface area contributed by atoms with Crippen LogP contribution in [-0.2, 0) is 4.79 Å². The molecule has 7 nitrogen and oxygen atoms in total. The fourth-order valence-corrected chi connectivity index (χ4v) is 3.20. The third kappa shape index (κ3) is 5.94. The van der Waals surface area contributed by atoms with Crippen molar-refractivity contribution >= 4 is 23.2 Å². The highest BCUT2D eigenvalue weighted by molar-refractivity contribution is 6.31. The molecule has 1 atom stereocenters. The number of non-ortho nitro benzene ring substituents is 1. The number of ether oxygens (including phenoxy) is 1. The van der Waals surface area contributed by atoms with Gasteiger partial charge in [0.15, 0.2) is 6.61 Å². The molecule has 0 aliphatic carbocycles. The van der Waals surface area contributed by atoms with Crippen LogP contribution >= 0.6 is 11.6 Å². The van der Waals surface area contributed by atoms with E-state index < -0.39 is 4.92 Å². The van der Waals surface area contributed by atoms with Crippen molar-refractivity contribution < 1.29 is 14.5 Å². The van der Waals surface area contributed by atoms with Gasteiger partial charge in [-0.15, -0.1) is 0 Å². The number of amides is 1. The fourth-order valence-electron chi connectivity index (χ4n) is 2.94. The number of benzene rings is 2. The zero-order valence-corrected chi connectivity index (χ0v) is 16.7. The van der Waals surface area contributed by atoms with Crippen LogP contribution < -0.4 is 10.1 Å². The first-order chi connectivity index (χ1) is 13.5. The Hall–Kier alpha value is -2.64. The molecular weight excluding hydrogens is 382 g/mol. The molecule has 1 unspecified atom stereocenters.